The number of H-pyrrole nitrogens is 1. The van der Waals surface area contributed by atoms with Gasteiger partial charge < -0.3 is 25.7 Å². The molecule has 12 heteroatoms. The highest BCUT2D eigenvalue weighted by Crippen LogP contribution is 2.41. The van der Waals surface area contributed by atoms with Gasteiger partial charge in [-0.15, -0.1) is 0 Å². The minimum Gasteiger partial charge on any atom is -0.493 e. The molecule has 3 heterocycles. The highest BCUT2D eigenvalue weighted by molar-refractivity contribution is 6.32. The minimum atomic E-state index is -4.89. The SMILES string of the molecule is C=CC(=O)N[C@](C)(C#Cc1cnccc1-c1[nH]c2c(c1Nc1cccc(Cl)c1OC)C(=O)NCC2)C(F)(F)F. The number of carbonyl (C=O) groups is 2. The topological polar surface area (TPSA) is 108 Å². The molecule has 1 aliphatic rings. The van der Waals surface area contributed by atoms with Crippen molar-refractivity contribution in [2.45, 2.75) is 25.1 Å². The van der Waals surface area contributed by atoms with E-state index in [1.54, 1.807) is 24.3 Å². The van der Waals surface area contributed by atoms with Crippen LogP contribution in [-0.2, 0) is 11.2 Å². The Hall–Kier alpha value is -4.43. The zero-order valence-electron chi connectivity index (χ0n) is 20.8. The van der Waals surface area contributed by atoms with Crippen LogP contribution in [0.1, 0.15) is 28.5 Å². The van der Waals surface area contributed by atoms with Crippen LogP contribution in [0.4, 0.5) is 24.5 Å². The quantitative estimate of drug-likeness (QED) is 0.259. The molecule has 2 amide bonds. The summed E-state index contributed by atoms with van der Waals surface area (Å²) in [5.41, 5.74) is -0.173. The predicted octanol–water partition coefficient (Wildman–Crippen LogP) is 4.74. The van der Waals surface area contributed by atoms with Crippen molar-refractivity contribution in [3.8, 4) is 28.8 Å². The normalized spacial score (nSPS) is 14.2. The molecule has 4 N–H and O–H groups in total. The number of methoxy groups -OCH3 is 1. The minimum absolute atomic E-state index is 0.126. The van der Waals surface area contributed by atoms with Crippen molar-refractivity contribution in [2.24, 2.45) is 0 Å². The van der Waals surface area contributed by atoms with Crippen molar-refractivity contribution in [1.29, 1.82) is 0 Å². The fraction of sp³-hybridized carbons (Fsp3) is 0.222. The number of fused-ring (bicyclic) bond motifs is 1. The van der Waals surface area contributed by atoms with Crippen LogP contribution < -0.4 is 20.7 Å². The standard InChI is InChI=1S/C27H23ClF3N5O3/c1-4-20(37)36-26(2,27(29,30)31)11-8-15-14-32-12-9-16(15)22-23(21-18(34-22)10-13-33-25(21)38)35-19-7-5-6-17(28)24(19)39-3/h4-7,9,12,14,34-35H,1,10,13H2,2-3H3,(H,33,38)(H,36,37)/t26-/m1/s1. The van der Waals surface area contributed by atoms with Crippen LogP contribution in [0.3, 0.4) is 0 Å². The molecule has 1 aliphatic heterocycles. The second-order valence-electron chi connectivity index (χ2n) is 8.67. The van der Waals surface area contributed by atoms with Crippen LogP contribution in [0, 0.1) is 11.8 Å². The maximum atomic E-state index is 13.9. The number of pyridine rings is 1. The van der Waals surface area contributed by atoms with E-state index in [-0.39, 0.29) is 11.5 Å². The number of anilines is 2. The molecule has 0 radical (unpaired) electrons. The van der Waals surface area contributed by atoms with Gasteiger partial charge in [-0.1, -0.05) is 36.1 Å². The molecule has 8 nitrogen and oxygen atoms in total. The van der Waals surface area contributed by atoms with Gasteiger partial charge in [0.05, 0.1) is 40.3 Å². The third-order valence-corrected chi connectivity index (χ3v) is 6.36. The molecule has 1 aromatic carbocycles. The summed E-state index contributed by atoms with van der Waals surface area (Å²) in [7, 11) is 1.45. The fourth-order valence-electron chi connectivity index (χ4n) is 4.03. The van der Waals surface area contributed by atoms with Crippen molar-refractivity contribution in [3.05, 3.63) is 71.2 Å². The lowest BCUT2D eigenvalue weighted by Crippen LogP contribution is -2.55. The molecule has 2 aromatic heterocycles. The number of aromatic nitrogens is 2. The first-order chi connectivity index (χ1) is 18.5. The number of rotatable bonds is 6. The molecular formula is C27H23ClF3N5O3. The van der Waals surface area contributed by atoms with E-state index in [2.05, 4.69) is 39.0 Å². The van der Waals surface area contributed by atoms with Crippen molar-refractivity contribution in [3.63, 3.8) is 0 Å². The fourth-order valence-corrected chi connectivity index (χ4v) is 4.28. The molecule has 0 saturated carbocycles. The van der Waals surface area contributed by atoms with Gasteiger partial charge in [0, 0.05) is 36.6 Å². The molecule has 0 saturated heterocycles. The molecule has 4 rings (SSSR count). The molecule has 0 aliphatic carbocycles. The van der Waals surface area contributed by atoms with Crippen LogP contribution in [0.15, 0.2) is 49.3 Å². The maximum absolute atomic E-state index is 13.9. The summed E-state index contributed by atoms with van der Waals surface area (Å²) >= 11 is 6.28. The molecular weight excluding hydrogens is 535 g/mol. The highest BCUT2D eigenvalue weighted by Gasteiger charge is 2.51. The number of benzene rings is 1. The van der Waals surface area contributed by atoms with Gasteiger partial charge in [0.2, 0.25) is 5.91 Å². The highest BCUT2D eigenvalue weighted by atomic mass is 35.5. The van der Waals surface area contributed by atoms with Crippen molar-refractivity contribution >= 4 is 34.8 Å². The number of hydrogen-bond acceptors (Lipinski definition) is 5. The molecule has 202 valence electrons. The number of carbonyl (C=O) groups excluding carboxylic acids is 2. The van der Waals surface area contributed by atoms with Gasteiger partial charge in [-0.05, 0) is 31.2 Å². The summed E-state index contributed by atoms with van der Waals surface area (Å²) in [6, 6.07) is 6.61. The van der Waals surface area contributed by atoms with E-state index in [1.165, 1.54) is 19.5 Å². The Balaban J connectivity index is 1.89. The van der Waals surface area contributed by atoms with Crippen LogP contribution in [0.5, 0.6) is 5.75 Å². The molecule has 0 bridgehead atoms. The Kier molecular flexibility index (Phi) is 7.60. The van der Waals surface area contributed by atoms with Gasteiger partial charge in [0.15, 0.2) is 11.3 Å². The van der Waals surface area contributed by atoms with Gasteiger partial charge >= 0.3 is 6.18 Å². The Morgan fingerprint density at radius 1 is 1.31 bits per heavy atom. The largest absolute Gasteiger partial charge is 0.493 e. The van der Waals surface area contributed by atoms with Gasteiger partial charge in [-0.3, -0.25) is 14.6 Å². The zero-order valence-corrected chi connectivity index (χ0v) is 21.6. The average Bonchev–Trinajstić information content (AvgIpc) is 3.26. The summed E-state index contributed by atoms with van der Waals surface area (Å²) in [5, 5.41) is 8.19. The monoisotopic (exact) mass is 557 g/mol. The molecule has 0 unspecified atom stereocenters. The van der Waals surface area contributed by atoms with Crippen molar-refractivity contribution < 1.29 is 27.5 Å². The predicted molar refractivity (Wildman–Crippen MR) is 141 cm³/mol. The number of ether oxygens (including phenoxy) is 1. The number of alkyl halides is 3. The third kappa shape index (κ3) is 5.42. The summed E-state index contributed by atoms with van der Waals surface area (Å²) < 4.78 is 47.1. The van der Waals surface area contributed by atoms with Crippen molar-refractivity contribution in [1.82, 2.24) is 20.6 Å². The Morgan fingerprint density at radius 3 is 2.77 bits per heavy atom. The smallest absolute Gasteiger partial charge is 0.422 e. The lowest BCUT2D eigenvalue weighted by atomic mass is 9.99. The molecule has 0 fully saturated rings. The van der Waals surface area contributed by atoms with Crippen LogP contribution >= 0.6 is 11.6 Å². The number of nitrogens with zero attached hydrogens (tertiary/aromatic N) is 1. The zero-order chi connectivity index (χ0) is 28.4. The lowest BCUT2D eigenvalue weighted by Gasteiger charge is -2.27. The van der Waals surface area contributed by atoms with E-state index in [1.807, 2.05) is 5.32 Å². The van der Waals surface area contributed by atoms with Crippen LogP contribution in [0.25, 0.3) is 11.3 Å². The number of nitrogens with one attached hydrogen (secondary N) is 4. The first-order valence-electron chi connectivity index (χ1n) is 11.6. The summed E-state index contributed by atoms with van der Waals surface area (Å²) in [5.74, 6) is 3.65. The maximum Gasteiger partial charge on any atom is 0.422 e. The number of amides is 2. The average molecular weight is 558 g/mol. The molecule has 1 atom stereocenters. The number of halogens is 4. The number of aromatic amines is 1. The van der Waals surface area contributed by atoms with E-state index < -0.39 is 17.6 Å². The first-order valence-corrected chi connectivity index (χ1v) is 12.0. The van der Waals surface area contributed by atoms with E-state index >= 15 is 0 Å². The van der Waals surface area contributed by atoms with Gasteiger partial charge in [0.25, 0.3) is 5.91 Å². The Morgan fingerprint density at radius 2 is 2.08 bits per heavy atom. The molecule has 0 spiro atoms. The summed E-state index contributed by atoms with van der Waals surface area (Å²) in [4.78, 5) is 31.9. The second kappa shape index (κ2) is 10.7. The van der Waals surface area contributed by atoms with Gasteiger partial charge in [0.1, 0.15) is 0 Å². The second-order valence-corrected chi connectivity index (χ2v) is 9.07. The van der Waals surface area contributed by atoms with E-state index in [4.69, 9.17) is 16.3 Å². The van der Waals surface area contributed by atoms with Gasteiger partial charge in [-0.2, -0.15) is 13.2 Å². The Labute approximate surface area is 227 Å². The van der Waals surface area contributed by atoms with E-state index in [0.29, 0.717) is 57.6 Å². The van der Waals surface area contributed by atoms with Crippen LogP contribution in [-0.4, -0.2) is 47.2 Å². The Bertz CT molecular complexity index is 1520. The first kappa shape index (κ1) is 27.6. The van der Waals surface area contributed by atoms with E-state index in [9.17, 15) is 22.8 Å². The number of para-hydroxylation sites is 1. The van der Waals surface area contributed by atoms with Crippen LogP contribution in [0.2, 0.25) is 5.02 Å². The number of hydrogen-bond donors (Lipinski definition) is 4. The molecule has 39 heavy (non-hydrogen) atoms. The third-order valence-electron chi connectivity index (χ3n) is 6.06. The van der Waals surface area contributed by atoms with Gasteiger partial charge in [-0.25, -0.2) is 0 Å². The summed E-state index contributed by atoms with van der Waals surface area (Å²) in [6.07, 6.45) is -0.906. The van der Waals surface area contributed by atoms with E-state index in [0.717, 1.165) is 13.0 Å². The lowest BCUT2D eigenvalue weighted by molar-refractivity contribution is -0.176. The summed E-state index contributed by atoms with van der Waals surface area (Å²) in [6.45, 7) is 4.36. The van der Waals surface area contributed by atoms with Crippen molar-refractivity contribution in [2.75, 3.05) is 19.0 Å². The molecule has 3 aromatic rings.